The van der Waals surface area contributed by atoms with Crippen LogP contribution in [-0.4, -0.2) is 48.0 Å². The van der Waals surface area contributed by atoms with Crippen molar-refractivity contribution in [2.24, 2.45) is 5.92 Å². The van der Waals surface area contributed by atoms with E-state index in [1.54, 1.807) is 17.9 Å². The van der Waals surface area contributed by atoms with Crippen molar-refractivity contribution < 1.29 is 23.9 Å². The van der Waals surface area contributed by atoms with Crippen molar-refractivity contribution in [1.82, 2.24) is 4.90 Å². The average Bonchev–Trinajstić information content (AvgIpc) is 3.17. The van der Waals surface area contributed by atoms with Crippen LogP contribution in [0.4, 0.5) is 0 Å². The molecule has 23 heavy (non-hydrogen) atoms. The molecule has 3 unspecified atom stereocenters. The summed E-state index contributed by atoms with van der Waals surface area (Å²) in [6, 6.07) is 3.62. The highest BCUT2D eigenvalue weighted by atomic mass is 32.1. The second kappa shape index (κ2) is 6.70. The number of ether oxygens (including phenoxy) is 2. The molecule has 2 aliphatic heterocycles. The Labute approximate surface area is 138 Å². The van der Waals surface area contributed by atoms with E-state index < -0.39 is 18.0 Å². The number of nitrogens with zero attached hydrogens (tertiary/aromatic N) is 1. The van der Waals surface area contributed by atoms with Gasteiger partial charge < -0.3 is 14.4 Å². The first-order chi connectivity index (χ1) is 11.0. The average molecular weight is 337 g/mol. The van der Waals surface area contributed by atoms with E-state index in [0.29, 0.717) is 30.8 Å². The smallest absolute Gasteiger partial charge is 0.347 e. The second-order valence-corrected chi connectivity index (χ2v) is 6.92. The fourth-order valence-corrected chi connectivity index (χ4v) is 3.65. The lowest BCUT2D eigenvalue weighted by Gasteiger charge is -2.31. The van der Waals surface area contributed by atoms with Crippen LogP contribution >= 0.6 is 11.3 Å². The molecule has 0 aromatic carbocycles. The Bertz CT molecular complexity index is 600. The van der Waals surface area contributed by atoms with Gasteiger partial charge in [-0.15, -0.1) is 11.3 Å². The van der Waals surface area contributed by atoms with Crippen LogP contribution in [0.25, 0.3) is 0 Å². The lowest BCUT2D eigenvalue weighted by molar-refractivity contribution is -0.164. The molecule has 0 saturated carbocycles. The lowest BCUT2D eigenvalue weighted by atomic mass is 9.98. The van der Waals surface area contributed by atoms with Gasteiger partial charge in [0.05, 0.1) is 10.8 Å². The number of cyclic esters (lactones) is 1. The molecule has 7 heteroatoms. The number of likely N-dealkylation sites (tertiary alicyclic amines) is 1. The lowest BCUT2D eigenvalue weighted by Crippen LogP contribution is -2.43. The number of amides is 1. The van der Waals surface area contributed by atoms with E-state index >= 15 is 0 Å². The third-order valence-corrected chi connectivity index (χ3v) is 5.02. The molecular formula is C16H19NO5S. The Hall–Kier alpha value is -1.89. The van der Waals surface area contributed by atoms with E-state index in [1.807, 2.05) is 11.4 Å². The molecule has 0 N–H and O–H groups in total. The summed E-state index contributed by atoms with van der Waals surface area (Å²) in [5.41, 5.74) is 0. The predicted molar refractivity (Wildman–Crippen MR) is 83.0 cm³/mol. The normalized spacial score (nSPS) is 27.6. The summed E-state index contributed by atoms with van der Waals surface area (Å²) in [5.74, 6) is -1.32. The zero-order valence-electron chi connectivity index (χ0n) is 12.9. The molecular weight excluding hydrogens is 318 g/mol. The maximum Gasteiger partial charge on any atom is 0.347 e. The van der Waals surface area contributed by atoms with Crippen molar-refractivity contribution in [2.45, 2.75) is 38.4 Å². The molecule has 6 nitrogen and oxygen atoms in total. The van der Waals surface area contributed by atoms with Gasteiger partial charge in [0.25, 0.3) is 5.91 Å². The monoisotopic (exact) mass is 337 g/mol. The molecule has 1 aromatic rings. The van der Waals surface area contributed by atoms with Crippen LogP contribution in [0.2, 0.25) is 0 Å². The summed E-state index contributed by atoms with van der Waals surface area (Å²) in [6.07, 6.45) is 0.798. The van der Waals surface area contributed by atoms with E-state index in [-0.39, 0.29) is 17.9 Å². The highest BCUT2D eigenvalue weighted by molar-refractivity contribution is 7.12. The summed E-state index contributed by atoms with van der Waals surface area (Å²) in [5, 5.41) is 1.86. The van der Waals surface area contributed by atoms with Crippen LogP contribution in [0.5, 0.6) is 0 Å². The molecule has 1 amide bonds. The quantitative estimate of drug-likeness (QED) is 0.787. The van der Waals surface area contributed by atoms with Gasteiger partial charge in [-0.2, -0.15) is 0 Å². The highest BCUT2D eigenvalue weighted by Crippen LogP contribution is 2.24. The Morgan fingerprint density at radius 3 is 2.91 bits per heavy atom. The molecule has 3 heterocycles. The van der Waals surface area contributed by atoms with Crippen LogP contribution in [0.15, 0.2) is 17.5 Å². The Balaban J connectivity index is 1.59. The SMILES string of the molecule is CC1CC(OC(=O)C2CCCN(C(=O)c3cccs3)C2)C(=O)O1. The first-order valence-electron chi connectivity index (χ1n) is 7.78. The van der Waals surface area contributed by atoms with Crippen LogP contribution in [-0.2, 0) is 19.1 Å². The van der Waals surface area contributed by atoms with Crippen molar-refractivity contribution in [1.29, 1.82) is 0 Å². The highest BCUT2D eigenvalue weighted by Gasteiger charge is 2.38. The Morgan fingerprint density at radius 2 is 2.26 bits per heavy atom. The molecule has 124 valence electrons. The summed E-state index contributed by atoms with van der Waals surface area (Å²) < 4.78 is 10.3. The van der Waals surface area contributed by atoms with Gasteiger partial charge >= 0.3 is 11.9 Å². The fraction of sp³-hybridized carbons (Fsp3) is 0.562. The standard InChI is InChI=1S/C16H19NO5S/c1-10-8-12(16(20)21-10)22-15(19)11-4-2-6-17(9-11)14(18)13-5-3-7-23-13/h3,5,7,10-12H,2,4,6,8-9H2,1H3. The van der Waals surface area contributed by atoms with Gasteiger partial charge in [0.15, 0.2) is 0 Å². The van der Waals surface area contributed by atoms with E-state index in [2.05, 4.69) is 0 Å². The van der Waals surface area contributed by atoms with E-state index in [0.717, 1.165) is 6.42 Å². The summed E-state index contributed by atoms with van der Waals surface area (Å²) in [7, 11) is 0. The molecule has 3 rings (SSSR count). The molecule has 0 aliphatic carbocycles. The van der Waals surface area contributed by atoms with E-state index in [4.69, 9.17) is 9.47 Å². The third-order valence-electron chi connectivity index (χ3n) is 4.16. The number of carbonyl (C=O) groups excluding carboxylic acids is 3. The third kappa shape index (κ3) is 3.55. The largest absolute Gasteiger partial charge is 0.460 e. The zero-order chi connectivity index (χ0) is 16.4. The Morgan fingerprint density at radius 1 is 1.43 bits per heavy atom. The van der Waals surface area contributed by atoms with Gasteiger partial charge in [-0.25, -0.2) is 4.79 Å². The molecule has 2 fully saturated rings. The van der Waals surface area contributed by atoms with Crippen LogP contribution in [0.3, 0.4) is 0 Å². The summed E-state index contributed by atoms with van der Waals surface area (Å²) >= 11 is 1.39. The maximum atomic E-state index is 12.4. The zero-order valence-corrected chi connectivity index (χ0v) is 13.7. The number of hydrogen-bond acceptors (Lipinski definition) is 6. The van der Waals surface area contributed by atoms with Gasteiger partial charge in [-0.1, -0.05) is 6.07 Å². The summed E-state index contributed by atoms with van der Waals surface area (Å²) in [6.45, 7) is 2.75. The van der Waals surface area contributed by atoms with Gasteiger partial charge in [-0.05, 0) is 31.2 Å². The second-order valence-electron chi connectivity index (χ2n) is 5.98. The first-order valence-corrected chi connectivity index (χ1v) is 8.66. The van der Waals surface area contributed by atoms with Crippen LogP contribution in [0.1, 0.15) is 35.9 Å². The number of carbonyl (C=O) groups is 3. The number of esters is 2. The minimum atomic E-state index is -0.805. The van der Waals surface area contributed by atoms with Crippen LogP contribution < -0.4 is 0 Å². The van der Waals surface area contributed by atoms with E-state index in [9.17, 15) is 14.4 Å². The molecule has 3 atom stereocenters. The topological polar surface area (TPSA) is 72.9 Å². The van der Waals surface area contributed by atoms with Gasteiger partial charge in [-0.3, -0.25) is 9.59 Å². The van der Waals surface area contributed by atoms with Crippen molar-refractivity contribution in [3.63, 3.8) is 0 Å². The minimum absolute atomic E-state index is 0.0496. The van der Waals surface area contributed by atoms with Crippen molar-refractivity contribution in [3.8, 4) is 0 Å². The van der Waals surface area contributed by atoms with Gasteiger partial charge in [0.1, 0.15) is 6.10 Å². The van der Waals surface area contributed by atoms with Gasteiger partial charge in [0, 0.05) is 19.5 Å². The molecule has 0 radical (unpaired) electrons. The van der Waals surface area contributed by atoms with Crippen molar-refractivity contribution >= 4 is 29.2 Å². The number of piperidine rings is 1. The molecule has 1 aromatic heterocycles. The van der Waals surface area contributed by atoms with Crippen molar-refractivity contribution in [2.75, 3.05) is 13.1 Å². The number of hydrogen-bond donors (Lipinski definition) is 0. The Kier molecular flexibility index (Phi) is 4.66. The fourth-order valence-electron chi connectivity index (χ4n) is 2.96. The summed E-state index contributed by atoms with van der Waals surface area (Å²) in [4.78, 5) is 38.6. The molecule has 2 saturated heterocycles. The molecule has 0 bridgehead atoms. The van der Waals surface area contributed by atoms with Crippen molar-refractivity contribution in [3.05, 3.63) is 22.4 Å². The predicted octanol–water partition coefficient (Wildman–Crippen LogP) is 1.85. The maximum absolute atomic E-state index is 12.4. The van der Waals surface area contributed by atoms with E-state index in [1.165, 1.54) is 11.3 Å². The van der Waals surface area contributed by atoms with Gasteiger partial charge in [0.2, 0.25) is 6.10 Å². The molecule has 2 aliphatic rings. The molecule has 0 spiro atoms. The number of thiophene rings is 1. The number of rotatable bonds is 3. The minimum Gasteiger partial charge on any atom is -0.460 e. The first kappa shape index (κ1) is 16.0. The van der Waals surface area contributed by atoms with Crippen LogP contribution in [0, 0.1) is 5.92 Å².